The highest BCUT2D eigenvalue weighted by Gasteiger charge is 2.37. The zero-order valence-electron chi connectivity index (χ0n) is 17.1. The predicted octanol–water partition coefficient (Wildman–Crippen LogP) is 4.77. The van der Waals surface area contributed by atoms with E-state index in [1.807, 2.05) is 18.2 Å². The molecule has 1 aliphatic heterocycles. The van der Waals surface area contributed by atoms with Crippen LogP contribution in [0, 0.1) is 11.3 Å². The minimum absolute atomic E-state index is 0.00308. The van der Waals surface area contributed by atoms with Crippen LogP contribution in [0.1, 0.15) is 59.7 Å². The van der Waals surface area contributed by atoms with Gasteiger partial charge in [0.05, 0.1) is 19.8 Å². The summed E-state index contributed by atoms with van der Waals surface area (Å²) < 4.78 is 10.8. The van der Waals surface area contributed by atoms with Gasteiger partial charge in [-0.25, -0.2) is 0 Å². The lowest BCUT2D eigenvalue weighted by Gasteiger charge is -2.34. The topological polar surface area (TPSA) is 59.6 Å². The number of hydrogen-bond acceptors (Lipinski definition) is 5. The summed E-state index contributed by atoms with van der Waals surface area (Å²) >= 11 is 1.74. The van der Waals surface area contributed by atoms with E-state index in [1.54, 1.807) is 25.6 Å². The van der Waals surface area contributed by atoms with Crippen molar-refractivity contribution in [1.29, 1.82) is 0 Å². The molecule has 0 saturated carbocycles. The van der Waals surface area contributed by atoms with Crippen molar-refractivity contribution in [1.82, 2.24) is 5.32 Å². The van der Waals surface area contributed by atoms with Crippen LogP contribution in [0.15, 0.2) is 18.2 Å². The second-order valence-electron chi connectivity index (χ2n) is 8.67. The van der Waals surface area contributed by atoms with Crippen LogP contribution in [0.5, 0.6) is 11.5 Å². The molecule has 2 aliphatic rings. The van der Waals surface area contributed by atoms with Crippen molar-refractivity contribution in [3.8, 4) is 11.5 Å². The van der Waals surface area contributed by atoms with Gasteiger partial charge in [-0.05, 0) is 48.3 Å². The van der Waals surface area contributed by atoms with Gasteiger partial charge >= 0.3 is 0 Å². The van der Waals surface area contributed by atoms with Crippen LogP contribution in [0.3, 0.4) is 0 Å². The van der Waals surface area contributed by atoms with Gasteiger partial charge in [0.15, 0.2) is 0 Å². The first-order valence-electron chi connectivity index (χ1n) is 9.75. The molecule has 4 rings (SSSR count). The van der Waals surface area contributed by atoms with Crippen LogP contribution in [0.4, 0.5) is 5.00 Å². The maximum atomic E-state index is 13.0. The maximum Gasteiger partial charge on any atom is 0.256 e. The molecule has 1 aromatic heterocycles. The van der Waals surface area contributed by atoms with E-state index in [0.29, 0.717) is 11.7 Å². The largest absolute Gasteiger partial charge is 0.497 e. The summed E-state index contributed by atoms with van der Waals surface area (Å²) in [5, 5.41) is 7.62. The number of hydrogen-bond donors (Lipinski definition) is 2. The molecule has 0 radical (unpaired) electrons. The van der Waals surface area contributed by atoms with Gasteiger partial charge in [0.1, 0.15) is 22.7 Å². The summed E-state index contributed by atoms with van der Waals surface area (Å²) in [6.07, 6.45) is 2.86. The fourth-order valence-corrected chi connectivity index (χ4v) is 5.60. The van der Waals surface area contributed by atoms with Crippen LogP contribution in [0.25, 0.3) is 0 Å². The Kier molecular flexibility index (Phi) is 4.78. The fourth-order valence-electron chi connectivity index (χ4n) is 4.25. The molecule has 2 atom stereocenters. The van der Waals surface area contributed by atoms with Crippen molar-refractivity contribution >= 4 is 22.2 Å². The molecule has 2 aromatic rings. The van der Waals surface area contributed by atoms with Gasteiger partial charge in [-0.15, -0.1) is 11.3 Å². The predicted molar refractivity (Wildman–Crippen MR) is 113 cm³/mol. The van der Waals surface area contributed by atoms with E-state index in [9.17, 15) is 4.79 Å². The highest BCUT2D eigenvalue weighted by molar-refractivity contribution is 7.16. The van der Waals surface area contributed by atoms with Gasteiger partial charge in [-0.3, -0.25) is 4.79 Å². The second kappa shape index (κ2) is 6.99. The first-order valence-corrected chi connectivity index (χ1v) is 10.6. The number of amides is 1. The molecule has 2 N–H and O–H groups in total. The first kappa shape index (κ1) is 19.1. The van der Waals surface area contributed by atoms with E-state index in [2.05, 4.69) is 31.4 Å². The SMILES string of the molecule is COc1ccc([C@@H]2NC(=O)c3c(sc4c3CC[C@@H](C(C)(C)C)C4)N2)c(OC)c1. The number of methoxy groups -OCH3 is 2. The smallest absolute Gasteiger partial charge is 0.256 e. The highest BCUT2D eigenvalue weighted by atomic mass is 32.1. The Morgan fingerprint density at radius 1 is 1.14 bits per heavy atom. The standard InChI is InChI=1S/C22H28N2O3S/c1-22(2,3)12-6-8-15-17(10-12)28-21-18(15)20(25)23-19(24-21)14-9-7-13(26-4)11-16(14)27-5/h7,9,11-12,19,24H,6,8,10H2,1-5H3,(H,23,25)/t12-,19-/m1/s1. The number of nitrogens with one attached hydrogen (secondary N) is 2. The molecular weight excluding hydrogens is 372 g/mol. The number of ether oxygens (including phenoxy) is 2. The monoisotopic (exact) mass is 400 g/mol. The zero-order chi connectivity index (χ0) is 20.1. The number of thiophene rings is 1. The number of carbonyl (C=O) groups is 1. The molecule has 2 heterocycles. The molecule has 6 heteroatoms. The summed E-state index contributed by atoms with van der Waals surface area (Å²) in [5.74, 6) is 2.07. The molecule has 0 fully saturated rings. The Morgan fingerprint density at radius 2 is 1.93 bits per heavy atom. The Hall–Kier alpha value is -2.21. The van der Waals surface area contributed by atoms with E-state index >= 15 is 0 Å². The van der Waals surface area contributed by atoms with Gasteiger partial charge in [0, 0.05) is 16.5 Å². The van der Waals surface area contributed by atoms with Crippen molar-refractivity contribution < 1.29 is 14.3 Å². The van der Waals surface area contributed by atoms with Gasteiger partial charge < -0.3 is 20.1 Å². The van der Waals surface area contributed by atoms with Crippen molar-refractivity contribution in [2.45, 2.75) is 46.2 Å². The van der Waals surface area contributed by atoms with Crippen molar-refractivity contribution in [2.24, 2.45) is 11.3 Å². The van der Waals surface area contributed by atoms with Crippen molar-refractivity contribution in [3.05, 3.63) is 39.8 Å². The first-order chi connectivity index (χ1) is 13.3. The lowest BCUT2D eigenvalue weighted by Crippen LogP contribution is -2.38. The third-order valence-corrected chi connectivity index (χ3v) is 7.21. The van der Waals surface area contributed by atoms with Gasteiger partial charge in [-0.2, -0.15) is 0 Å². The molecule has 150 valence electrons. The quantitative estimate of drug-likeness (QED) is 0.779. The molecular formula is C22H28N2O3S. The molecule has 0 saturated heterocycles. The minimum atomic E-state index is -0.320. The summed E-state index contributed by atoms with van der Waals surface area (Å²) in [6.45, 7) is 6.94. The fraction of sp³-hybridized carbons (Fsp3) is 0.500. The average Bonchev–Trinajstić information content (AvgIpc) is 3.04. The van der Waals surface area contributed by atoms with Gasteiger partial charge in [0.2, 0.25) is 0 Å². The molecule has 1 amide bonds. The van der Waals surface area contributed by atoms with Crippen molar-refractivity contribution in [3.63, 3.8) is 0 Å². The Morgan fingerprint density at radius 3 is 2.61 bits per heavy atom. The molecule has 28 heavy (non-hydrogen) atoms. The van der Waals surface area contributed by atoms with Crippen LogP contribution in [-0.2, 0) is 12.8 Å². The van der Waals surface area contributed by atoms with E-state index < -0.39 is 0 Å². The minimum Gasteiger partial charge on any atom is -0.497 e. The number of benzene rings is 1. The van der Waals surface area contributed by atoms with E-state index in [0.717, 1.165) is 41.1 Å². The third kappa shape index (κ3) is 3.24. The molecule has 1 aliphatic carbocycles. The number of rotatable bonds is 3. The van der Waals surface area contributed by atoms with Gasteiger partial charge in [-0.1, -0.05) is 20.8 Å². The van der Waals surface area contributed by atoms with E-state index in [1.165, 1.54) is 10.4 Å². The summed E-state index contributed by atoms with van der Waals surface area (Å²) in [6, 6.07) is 5.66. The molecule has 0 spiro atoms. The van der Waals surface area contributed by atoms with Crippen LogP contribution in [-0.4, -0.2) is 20.1 Å². The van der Waals surface area contributed by atoms with Crippen molar-refractivity contribution in [2.75, 3.05) is 19.5 Å². The Bertz CT molecular complexity index is 913. The lowest BCUT2D eigenvalue weighted by atomic mass is 9.72. The number of anilines is 1. The van der Waals surface area contributed by atoms with Crippen LogP contribution >= 0.6 is 11.3 Å². The highest BCUT2D eigenvalue weighted by Crippen LogP contribution is 2.46. The summed E-state index contributed by atoms with van der Waals surface area (Å²) in [7, 11) is 3.26. The lowest BCUT2D eigenvalue weighted by molar-refractivity contribution is 0.0934. The Labute approximate surface area is 170 Å². The summed E-state index contributed by atoms with van der Waals surface area (Å²) in [4.78, 5) is 14.4. The Balaban J connectivity index is 1.66. The van der Waals surface area contributed by atoms with Gasteiger partial charge in [0.25, 0.3) is 5.91 Å². The molecule has 5 nitrogen and oxygen atoms in total. The van der Waals surface area contributed by atoms with Crippen LogP contribution in [0.2, 0.25) is 0 Å². The van der Waals surface area contributed by atoms with E-state index in [4.69, 9.17) is 9.47 Å². The molecule has 1 aromatic carbocycles. The maximum absolute atomic E-state index is 13.0. The number of fused-ring (bicyclic) bond motifs is 3. The van der Waals surface area contributed by atoms with E-state index in [-0.39, 0.29) is 17.5 Å². The second-order valence-corrected chi connectivity index (χ2v) is 9.78. The third-order valence-electron chi connectivity index (χ3n) is 6.02. The molecule has 0 unspecified atom stereocenters. The number of carbonyl (C=O) groups excluding carboxylic acids is 1. The van der Waals surface area contributed by atoms with Crippen LogP contribution < -0.4 is 20.1 Å². The zero-order valence-corrected chi connectivity index (χ0v) is 18.0. The normalized spacial score (nSPS) is 21.2. The molecule has 0 bridgehead atoms. The average molecular weight is 401 g/mol. The summed E-state index contributed by atoms with van der Waals surface area (Å²) in [5.41, 5.74) is 3.26.